The summed E-state index contributed by atoms with van der Waals surface area (Å²) in [5, 5.41) is 1.31. The maximum atomic E-state index is 13.2. The van der Waals surface area contributed by atoms with Crippen LogP contribution in [-0.4, -0.2) is 21.6 Å². The van der Waals surface area contributed by atoms with Crippen molar-refractivity contribution in [3.63, 3.8) is 0 Å². The Morgan fingerprint density at radius 2 is 2.09 bits per heavy atom. The number of aryl methyl sites for hydroxylation is 2. The first-order chi connectivity index (χ1) is 11.3. The van der Waals surface area contributed by atoms with Gasteiger partial charge in [0.1, 0.15) is 4.83 Å². The third kappa shape index (κ3) is 2.42. The predicted molar refractivity (Wildman–Crippen MR) is 93.7 cm³/mol. The number of aromatic nitrogens is 2. The van der Waals surface area contributed by atoms with Crippen LogP contribution in [0.4, 0.5) is 0 Å². The van der Waals surface area contributed by atoms with Crippen molar-refractivity contribution >= 4 is 39.6 Å². The normalized spacial score (nSPS) is 13.4. The summed E-state index contributed by atoms with van der Waals surface area (Å²) >= 11 is 2.86. The fraction of sp³-hybridized carbons (Fsp3) is 0.235. The van der Waals surface area contributed by atoms with E-state index in [-0.39, 0.29) is 11.3 Å². The quantitative estimate of drug-likeness (QED) is 0.540. The van der Waals surface area contributed by atoms with Crippen molar-refractivity contribution in [2.24, 2.45) is 0 Å². The van der Waals surface area contributed by atoms with E-state index >= 15 is 0 Å². The topological polar surface area (TPSA) is 52.0 Å². The molecule has 0 spiro atoms. The number of para-hydroxylation sites is 1. The van der Waals surface area contributed by atoms with E-state index < -0.39 is 0 Å². The van der Waals surface area contributed by atoms with Crippen LogP contribution in [0, 0.1) is 0 Å². The van der Waals surface area contributed by atoms with Gasteiger partial charge in [-0.1, -0.05) is 30.0 Å². The van der Waals surface area contributed by atoms with Gasteiger partial charge >= 0.3 is 0 Å². The fourth-order valence-electron chi connectivity index (χ4n) is 3.02. The largest absolute Gasteiger partial charge is 0.290 e. The molecule has 1 aliphatic rings. The lowest BCUT2D eigenvalue weighted by Crippen LogP contribution is -2.21. The molecule has 0 fully saturated rings. The van der Waals surface area contributed by atoms with Gasteiger partial charge in [0, 0.05) is 4.88 Å². The molecule has 4 nitrogen and oxygen atoms in total. The smallest absolute Gasteiger partial charge is 0.267 e. The number of hydrogen-bond acceptors (Lipinski definition) is 5. The highest BCUT2D eigenvalue weighted by atomic mass is 32.2. The minimum Gasteiger partial charge on any atom is -0.290 e. The van der Waals surface area contributed by atoms with Gasteiger partial charge in [0.05, 0.1) is 16.8 Å². The molecule has 2 aromatic heterocycles. The summed E-state index contributed by atoms with van der Waals surface area (Å²) in [5.41, 5.74) is 1.91. The molecule has 0 aliphatic heterocycles. The van der Waals surface area contributed by atoms with Crippen molar-refractivity contribution in [2.45, 2.75) is 24.4 Å². The molecule has 1 aromatic carbocycles. The zero-order valence-electron chi connectivity index (χ0n) is 12.2. The standard InChI is InChI=1S/C17H13N2O2S2/c20-9-10-22-17-18-15-14(12-7-4-8-13(12)23-15)16(21)19(17)11-5-2-1-3-6-11/h1-3,5-6H,4,7-8,10H2. The predicted octanol–water partition coefficient (Wildman–Crippen LogP) is 3.14. The number of hydrogen-bond donors (Lipinski definition) is 0. The molecule has 115 valence electrons. The SMILES string of the molecule is O=[C]CSc1nc2sc3c(c2c(=O)n1-c1ccccc1)CCC3. The Bertz CT molecular complexity index is 945. The molecule has 0 unspecified atom stereocenters. The van der Waals surface area contributed by atoms with E-state index in [4.69, 9.17) is 0 Å². The number of benzene rings is 1. The van der Waals surface area contributed by atoms with Gasteiger partial charge in [-0.25, -0.2) is 4.98 Å². The third-order valence-electron chi connectivity index (χ3n) is 3.98. The van der Waals surface area contributed by atoms with Crippen LogP contribution < -0.4 is 5.56 Å². The first-order valence-corrected chi connectivity index (χ1v) is 9.20. The zero-order valence-corrected chi connectivity index (χ0v) is 13.9. The average Bonchev–Trinajstić information content (AvgIpc) is 3.14. The van der Waals surface area contributed by atoms with Crippen molar-refractivity contribution in [3.05, 3.63) is 51.1 Å². The Morgan fingerprint density at radius 3 is 2.87 bits per heavy atom. The van der Waals surface area contributed by atoms with Gasteiger partial charge in [0.15, 0.2) is 5.16 Å². The van der Waals surface area contributed by atoms with E-state index in [1.54, 1.807) is 15.9 Å². The second-order valence-corrected chi connectivity index (χ2v) is 7.37. The summed E-state index contributed by atoms with van der Waals surface area (Å²) in [6.45, 7) is 0. The van der Waals surface area contributed by atoms with Gasteiger partial charge in [-0.3, -0.25) is 14.2 Å². The van der Waals surface area contributed by atoms with Gasteiger partial charge in [0.2, 0.25) is 6.29 Å². The lowest BCUT2D eigenvalue weighted by molar-refractivity contribution is 0.560. The summed E-state index contributed by atoms with van der Waals surface area (Å²) < 4.78 is 1.62. The number of fused-ring (bicyclic) bond motifs is 3. The maximum Gasteiger partial charge on any atom is 0.267 e. The van der Waals surface area contributed by atoms with Crippen molar-refractivity contribution < 1.29 is 4.79 Å². The lowest BCUT2D eigenvalue weighted by atomic mass is 10.2. The summed E-state index contributed by atoms with van der Waals surface area (Å²) in [6, 6.07) is 9.47. The monoisotopic (exact) mass is 341 g/mol. The second-order valence-electron chi connectivity index (χ2n) is 5.34. The van der Waals surface area contributed by atoms with Crippen LogP contribution in [0.5, 0.6) is 0 Å². The zero-order chi connectivity index (χ0) is 15.8. The van der Waals surface area contributed by atoms with Crippen LogP contribution >= 0.6 is 23.1 Å². The second kappa shape index (κ2) is 5.94. The van der Waals surface area contributed by atoms with E-state index in [2.05, 4.69) is 4.98 Å². The lowest BCUT2D eigenvalue weighted by Gasteiger charge is -2.11. The molecule has 0 N–H and O–H groups in total. The number of carbonyl (C=O) groups excluding carboxylic acids is 1. The van der Waals surface area contributed by atoms with E-state index in [0.717, 1.165) is 35.2 Å². The molecule has 1 aliphatic carbocycles. The van der Waals surface area contributed by atoms with Gasteiger partial charge in [-0.05, 0) is 37.0 Å². The first kappa shape index (κ1) is 14.7. The van der Waals surface area contributed by atoms with Crippen LogP contribution in [0.3, 0.4) is 0 Å². The number of thioether (sulfide) groups is 1. The maximum absolute atomic E-state index is 13.2. The van der Waals surface area contributed by atoms with Crippen LogP contribution in [-0.2, 0) is 17.6 Å². The summed E-state index contributed by atoms with van der Waals surface area (Å²) in [7, 11) is 0. The van der Waals surface area contributed by atoms with Gasteiger partial charge in [-0.2, -0.15) is 0 Å². The Kier molecular flexibility index (Phi) is 3.79. The fourth-order valence-corrected chi connectivity index (χ4v) is 4.99. The number of rotatable bonds is 4. The molecule has 0 bridgehead atoms. The van der Waals surface area contributed by atoms with E-state index in [0.29, 0.717) is 5.16 Å². The van der Waals surface area contributed by atoms with Crippen LogP contribution in [0.1, 0.15) is 16.9 Å². The van der Waals surface area contributed by atoms with Crippen LogP contribution in [0.2, 0.25) is 0 Å². The van der Waals surface area contributed by atoms with Crippen molar-refractivity contribution in [1.82, 2.24) is 9.55 Å². The number of thiophene rings is 1. The minimum absolute atomic E-state index is 0.0333. The molecule has 0 saturated carbocycles. The molecule has 0 amide bonds. The molecular weight excluding hydrogens is 328 g/mol. The molecular formula is C17H13N2O2S2. The molecule has 23 heavy (non-hydrogen) atoms. The van der Waals surface area contributed by atoms with Crippen molar-refractivity contribution in [2.75, 3.05) is 5.75 Å². The summed E-state index contributed by atoms with van der Waals surface area (Å²) in [5.74, 6) is 0.163. The van der Waals surface area contributed by atoms with E-state index in [1.807, 2.05) is 36.6 Å². The molecule has 1 radical (unpaired) electrons. The average molecular weight is 341 g/mol. The molecule has 6 heteroatoms. The number of nitrogens with zero attached hydrogens (tertiary/aromatic N) is 2. The van der Waals surface area contributed by atoms with Crippen LogP contribution in [0.15, 0.2) is 40.3 Å². The highest BCUT2D eigenvalue weighted by Gasteiger charge is 2.23. The molecule has 0 atom stereocenters. The highest BCUT2D eigenvalue weighted by molar-refractivity contribution is 7.99. The molecule has 0 saturated heterocycles. The molecule has 2 heterocycles. The highest BCUT2D eigenvalue weighted by Crippen LogP contribution is 2.35. The minimum atomic E-state index is -0.0333. The molecule has 4 rings (SSSR count). The Hall–Kier alpha value is -1.92. The van der Waals surface area contributed by atoms with Gasteiger partial charge in [-0.15, -0.1) is 11.3 Å². The Balaban J connectivity index is 2.02. The Labute approximate surface area is 141 Å². The van der Waals surface area contributed by atoms with E-state index in [9.17, 15) is 9.59 Å². The van der Waals surface area contributed by atoms with E-state index in [1.165, 1.54) is 22.2 Å². The van der Waals surface area contributed by atoms with Gasteiger partial charge in [0.25, 0.3) is 5.56 Å². The van der Waals surface area contributed by atoms with Gasteiger partial charge < -0.3 is 0 Å². The van der Waals surface area contributed by atoms with Crippen molar-refractivity contribution in [1.29, 1.82) is 0 Å². The third-order valence-corrected chi connectivity index (χ3v) is 5.96. The summed E-state index contributed by atoms with van der Waals surface area (Å²) in [6.07, 6.45) is 4.96. The summed E-state index contributed by atoms with van der Waals surface area (Å²) in [4.78, 5) is 30.5. The Morgan fingerprint density at radius 1 is 1.26 bits per heavy atom. The first-order valence-electron chi connectivity index (χ1n) is 7.40. The van der Waals surface area contributed by atoms with Crippen LogP contribution in [0.25, 0.3) is 15.9 Å². The van der Waals surface area contributed by atoms with Crippen molar-refractivity contribution in [3.8, 4) is 5.69 Å². The molecule has 3 aromatic rings.